The van der Waals surface area contributed by atoms with E-state index in [2.05, 4.69) is 9.97 Å². The van der Waals surface area contributed by atoms with Crippen molar-refractivity contribution in [2.45, 2.75) is 19.8 Å². The molecule has 1 heterocycles. The molecule has 0 saturated heterocycles. The summed E-state index contributed by atoms with van der Waals surface area (Å²) in [7, 11) is 3.67. The SMILES string of the molecule is CCCC(=O)c1cnc(-c2ccccc2O)nc1N(C)C. The first-order valence-corrected chi connectivity index (χ1v) is 6.90. The Labute approximate surface area is 124 Å². The van der Waals surface area contributed by atoms with Gasteiger partial charge < -0.3 is 10.0 Å². The zero-order chi connectivity index (χ0) is 15.4. The molecular weight excluding hydrogens is 266 g/mol. The predicted octanol–water partition coefficient (Wildman–Crippen LogP) is 2.90. The van der Waals surface area contributed by atoms with E-state index in [4.69, 9.17) is 0 Å². The summed E-state index contributed by atoms with van der Waals surface area (Å²) in [6.45, 7) is 1.96. The van der Waals surface area contributed by atoms with Crippen molar-refractivity contribution in [3.05, 3.63) is 36.0 Å². The number of nitrogens with zero attached hydrogens (tertiary/aromatic N) is 3. The van der Waals surface area contributed by atoms with Gasteiger partial charge in [-0.15, -0.1) is 0 Å². The Bertz CT molecular complexity index is 654. The highest BCUT2D eigenvalue weighted by molar-refractivity contribution is 6.00. The van der Waals surface area contributed by atoms with Gasteiger partial charge in [-0.25, -0.2) is 9.97 Å². The quantitative estimate of drug-likeness (QED) is 0.856. The van der Waals surface area contributed by atoms with E-state index in [0.717, 1.165) is 6.42 Å². The lowest BCUT2D eigenvalue weighted by Gasteiger charge is -2.16. The first-order chi connectivity index (χ1) is 10.0. The van der Waals surface area contributed by atoms with Crippen LogP contribution in [0.25, 0.3) is 11.4 Å². The second-order valence-electron chi connectivity index (χ2n) is 5.02. The number of para-hydroxylation sites is 1. The molecule has 0 aliphatic rings. The minimum absolute atomic E-state index is 0.0324. The summed E-state index contributed by atoms with van der Waals surface area (Å²) in [5, 5.41) is 9.90. The minimum Gasteiger partial charge on any atom is -0.507 e. The molecule has 110 valence electrons. The van der Waals surface area contributed by atoms with Gasteiger partial charge in [0.05, 0.1) is 11.1 Å². The maximum atomic E-state index is 12.1. The van der Waals surface area contributed by atoms with Crippen molar-refractivity contribution in [3.8, 4) is 17.1 Å². The zero-order valence-corrected chi connectivity index (χ0v) is 12.5. The Morgan fingerprint density at radius 2 is 2.00 bits per heavy atom. The molecule has 0 radical (unpaired) electrons. The second kappa shape index (κ2) is 6.35. The Kier molecular flexibility index (Phi) is 4.52. The smallest absolute Gasteiger partial charge is 0.168 e. The molecule has 0 saturated carbocycles. The normalized spacial score (nSPS) is 10.4. The number of hydrogen-bond donors (Lipinski definition) is 1. The summed E-state index contributed by atoms with van der Waals surface area (Å²) in [5.41, 5.74) is 1.07. The summed E-state index contributed by atoms with van der Waals surface area (Å²) in [4.78, 5) is 22.6. The maximum absolute atomic E-state index is 12.1. The van der Waals surface area contributed by atoms with Crippen molar-refractivity contribution in [3.63, 3.8) is 0 Å². The molecule has 1 N–H and O–H groups in total. The van der Waals surface area contributed by atoms with Crippen molar-refractivity contribution >= 4 is 11.6 Å². The molecule has 2 rings (SSSR count). The third-order valence-corrected chi connectivity index (χ3v) is 3.11. The molecule has 5 heteroatoms. The average molecular weight is 285 g/mol. The van der Waals surface area contributed by atoms with Gasteiger partial charge in [-0.2, -0.15) is 0 Å². The summed E-state index contributed by atoms with van der Waals surface area (Å²) in [5.74, 6) is 1.13. The number of benzene rings is 1. The molecule has 5 nitrogen and oxygen atoms in total. The van der Waals surface area contributed by atoms with Crippen LogP contribution in [-0.2, 0) is 0 Å². The van der Waals surface area contributed by atoms with E-state index in [1.807, 2.05) is 27.1 Å². The number of phenols is 1. The second-order valence-corrected chi connectivity index (χ2v) is 5.02. The molecular formula is C16H19N3O2. The molecule has 0 bridgehead atoms. The third kappa shape index (κ3) is 3.18. The van der Waals surface area contributed by atoms with Gasteiger partial charge in [-0.1, -0.05) is 19.1 Å². The van der Waals surface area contributed by atoms with Crippen molar-refractivity contribution in [2.24, 2.45) is 0 Å². The topological polar surface area (TPSA) is 66.3 Å². The molecule has 21 heavy (non-hydrogen) atoms. The van der Waals surface area contributed by atoms with Crippen LogP contribution in [0.3, 0.4) is 0 Å². The van der Waals surface area contributed by atoms with E-state index in [-0.39, 0.29) is 11.5 Å². The first-order valence-electron chi connectivity index (χ1n) is 6.90. The fourth-order valence-corrected chi connectivity index (χ4v) is 2.06. The van der Waals surface area contributed by atoms with Gasteiger partial charge in [-0.3, -0.25) is 4.79 Å². The van der Waals surface area contributed by atoms with Gasteiger partial charge >= 0.3 is 0 Å². The zero-order valence-electron chi connectivity index (χ0n) is 12.5. The van der Waals surface area contributed by atoms with Gasteiger partial charge in [0.15, 0.2) is 11.6 Å². The number of anilines is 1. The predicted molar refractivity (Wildman–Crippen MR) is 82.7 cm³/mol. The number of carbonyl (C=O) groups is 1. The first kappa shape index (κ1) is 15.0. The summed E-state index contributed by atoms with van der Waals surface area (Å²) in [6, 6.07) is 6.89. The fourth-order valence-electron chi connectivity index (χ4n) is 2.06. The lowest BCUT2D eigenvalue weighted by atomic mass is 10.1. The Hall–Kier alpha value is -2.43. The van der Waals surface area contributed by atoms with E-state index in [0.29, 0.717) is 29.2 Å². The largest absolute Gasteiger partial charge is 0.507 e. The van der Waals surface area contributed by atoms with Crippen molar-refractivity contribution in [1.82, 2.24) is 9.97 Å². The van der Waals surface area contributed by atoms with Crippen LogP contribution >= 0.6 is 0 Å². The Morgan fingerprint density at radius 1 is 1.29 bits per heavy atom. The highest BCUT2D eigenvalue weighted by Gasteiger charge is 2.17. The number of ketones is 1. The van der Waals surface area contributed by atoms with E-state index < -0.39 is 0 Å². The lowest BCUT2D eigenvalue weighted by molar-refractivity contribution is 0.0981. The number of carbonyl (C=O) groups excluding carboxylic acids is 1. The van der Waals surface area contributed by atoms with E-state index in [9.17, 15) is 9.90 Å². The van der Waals surface area contributed by atoms with Crippen LogP contribution in [-0.4, -0.2) is 35.0 Å². The van der Waals surface area contributed by atoms with Crippen molar-refractivity contribution < 1.29 is 9.90 Å². The molecule has 0 aliphatic carbocycles. The van der Waals surface area contributed by atoms with Gasteiger partial charge in [0.1, 0.15) is 11.6 Å². The average Bonchev–Trinajstić information content (AvgIpc) is 2.47. The molecule has 0 atom stereocenters. The highest BCUT2D eigenvalue weighted by atomic mass is 16.3. The molecule has 1 aromatic heterocycles. The van der Waals surface area contributed by atoms with E-state index in [1.54, 1.807) is 29.3 Å². The van der Waals surface area contributed by atoms with Crippen LogP contribution in [0.2, 0.25) is 0 Å². The number of Topliss-reactive ketones (excluding diaryl/α,β-unsaturated/α-hetero) is 1. The Balaban J connectivity index is 2.51. The monoisotopic (exact) mass is 285 g/mol. The number of hydrogen-bond acceptors (Lipinski definition) is 5. The van der Waals surface area contributed by atoms with Crippen LogP contribution in [0.5, 0.6) is 5.75 Å². The van der Waals surface area contributed by atoms with E-state index >= 15 is 0 Å². The van der Waals surface area contributed by atoms with Crippen LogP contribution in [0.4, 0.5) is 5.82 Å². The minimum atomic E-state index is 0.0324. The van der Waals surface area contributed by atoms with Gasteiger partial charge in [0, 0.05) is 26.7 Å². The Morgan fingerprint density at radius 3 is 2.62 bits per heavy atom. The van der Waals surface area contributed by atoms with Crippen LogP contribution in [0, 0.1) is 0 Å². The third-order valence-electron chi connectivity index (χ3n) is 3.11. The number of aromatic hydroxyl groups is 1. The van der Waals surface area contributed by atoms with Gasteiger partial charge in [0.25, 0.3) is 0 Å². The number of aromatic nitrogens is 2. The van der Waals surface area contributed by atoms with Crippen LogP contribution in [0.15, 0.2) is 30.5 Å². The summed E-state index contributed by atoms with van der Waals surface area (Å²) < 4.78 is 0. The van der Waals surface area contributed by atoms with Crippen LogP contribution in [0.1, 0.15) is 30.1 Å². The number of rotatable bonds is 5. The van der Waals surface area contributed by atoms with Crippen LogP contribution < -0.4 is 4.90 Å². The molecule has 2 aromatic rings. The van der Waals surface area contributed by atoms with Crippen molar-refractivity contribution in [1.29, 1.82) is 0 Å². The lowest BCUT2D eigenvalue weighted by Crippen LogP contribution is -2.17. The van der Waals surface area contributed by atoms with Gasteiger partial charge in [-0.05, 0) is 18.6 Å². The molecule has 1 aromatic carbocycles. The molecule has 0 aliphatic heterocycles. The molecule has 0 unspecified atom stereocenters. The molecule has 0 amide bonds. The number of phenolic OH excluding ortho intramolecular Hbond substituents is 1. The molecule has 0 fully saturated rings. The fraction of sp³-hybridized carbons (Fsp3) is 0.312. The highest BCUT2D eigenvalue weighted by Crippen LogP contribution is 2.28. The summed E-state index contributed by atoms with van der Waals surface area (Å²) in [6.07, 6.45) is 2.80. The summed E-state index contributed by atoms with van der Waals surface area (Å²) >= 11 is 0. The molecule has 0 spiro atoms. The van der Waals surface area contributed by atoms with Gasteiger partial charge in [0.2, 0.25) is 0 Å². The van der Waals surface area contributed by atoms with Crippen molar-refractivity contribution in [2.75, 3.05) is 19.0 Å². The van der Waals surface area contributed by atoms with E-state index in [1.165, 1.54) is 0 Å². The standard InChI is InChI=1S/C16H19N3O2/c1-4-7-13(20)12-10-17-15(18-16(12)19(2)3)11-8-5-6-9-14(11)21/h5-6,8-10,21H,4,7H2,1-3H3. The maximum Gasteiger partial charge on any atom is 0.168 e.